The molecule has 0 aromatic heterocycles. The van der Waals surface area contributed by atoms with Gasteiger partial charge in [-0.25, -0.2) is 0 Å². The summed E-state index contributed by atoms with van der Waals surface area (Å²) >= 11 is 0. The van der Waals surface area contributed by atoms with Gasteiger partial charge in [-0.1, -0.05) is 30.3 Å². The minimum absolute atomic E-state index is 0.0314. The Bertz CT molecular complexity index is 498. The lowest BCUT2D eigenvalue weighted by atomic mass is 9.99. The maximum Gasteiger partial charge on any atom is 0.239 e. The molecule has 0 bridgehead atoms. The highest BCUT2D eigenvalue weighted by Gasteiger charge is 2.34. The number of carbonyl (C=O) groups excluding carboxylic acids is 1. The second kappa shape index (κ2) is 7.77. The van der Waals surface area contributed by atoms with E-state index in [1.807, 2.05) is 37.3 Å². The molecule has 1 aliphatic heterocycles. The molecule has 1 N–H and O–H groups in total. The summed E-state index contributed by atoms with van der Waals surface area (Å²) in [5.41, 5.74) is 1.07. The highest BCUT2D eigenvalue weighted by atomic mass is 16.5. The van der Waals surface area contributed by atoms with E-state index in [1.165, 1.54) is 0 Å². The smallest absolute Gasteiger partial charge is 0.239 e. The standard InChI is InChI=1S/C16H21N3O2/c1-2-18-16(20)15-12-21-11-10-19(15)14(8-9-17)13-6-4-3-5-7-13/h3-7,14-15H,2,8,10-12H2,1H3,(H,18,20). The summed E-state index contributed by atoms with van der Waals surface area (Å²) in [6, 6.07) is 11.7. The first-order valence-corrected chi connectivity index (χ1v) is 7.31. The van der Waals surface area contributed by atoms with Crippen LogP contribution in [0.25, 0.3) is 0 Å². The van der Waals surface area contributed by atoms with Crippen LogP contribution in [-0.2, 0) is 9.53 Å². The van der Waals surface area contributed by atoms with Crippen molar-refractivity contribution in [3.63, 3.8) is 0 Å². The number of carbonyl (C=O) groups is 1. The predicted molar refractivity (Wildman–Crippen MR) is 79.4 cm³/mol. The molecule has 1 amide bonds. The summed E-state index contributed by atoms with van der Waals surface area (Å²) in [5, 5.41) is 12.0. The molecule has 2 rings (SSSR count). The average Bonchev–Trinajstić information content (AvgIpc) is 2.54. The molecular weight excluding hydrogens is 266 g/mol. The van der Waals surface area contributed by atoms with Gasteiger partial charge in [0.2, 0.25) is 5.91 Å². The Kier molecular flexibility index (Phi) is 5.73. The highest BCUT2D eigenvalue weighted by Crippen LogP contribution is 2.27. The number of hydrogen-bond donors (Lipinski definition) is 1. The van der Waals surface area contributed by atoms with E-state index in [0.717, 1.165) is 5.56 Å². The van der Waals surface area contributed by atoms with Crippen molar-refractivity contribution in [3.05, 3.63) is 35.9 Å². The van der Waals surface area contributed by atoms with Crippen LogP contribution in [0.15, 0.2) is 30.3 Å². The lowest BCUT2D eigenvalue weighted by Gasteiger charge is -2.39. The minimum atomic E-state index is -0.336. The predicted octanol–water partition coefficient (Wildman–Crippen LogP) is 1.48. The molecule has 1 aromatic rings. The topological polar surface area (TPSA) is 65.4 Å². The normalized spacial score (nSPS) is 20.5. The third kappa shape index (κ3) is 3.81. The molecule has 1 aromatic carbocycles. The molecule has 5 nitrogen and oxygen atoms in total. The summed E-state index contributed by atoms with van der Waals surface area (Å²) in [4.78, 5) is 14.3. The number of hydrogen-bond acceptors (Lipinski definition) is 4. The monoisotopic (exact) mass is 287 g/mol. The van der Waals surface area contributed by atoms with E-state index in [-0.39, 0.29) is 18.0 Å². The van der Waals surface area contributed by atoms with Crippen LogP contribution in [0, 0.1) is 11.3 Å². The fourth-order valence-corrected chi connectivity index (χ4v) is 2.70. The molecule has 0 saturated carbocycles. The largest absolute Gasteiger partial charge is 0.378 e. The van der Waals surface area contributed by atoms with Gasteiger partial charge in [0.15, 0.2) is 0 Å². The zero-order valence-corrected chi connectivity index (χ0v) is 12.3. The van der Waals surface area contributed by atoms with Crippen molar-refractivity contribution >= 4 is 5.91 Å². The second-order valence-corrected chi connectivity index (χ2v) is 5.01. The number of nitrogens with one attached hydrogen (secondary N) is 1. The first-order valence-electron chi connectivity index (χ1n) is 7.31. The van der Waals surface area contributed by atoms with Crippen molar-refractivity contribution in [3.8, 4) is 6.07 Å². The van der Waals surface area contributed by atoms with Crippen molar-refractivity contribution in [2.24, 2.45) is 0 Å². The second-order valence-electron chi connectivity index (χ2n) is 5.01. The fraction of sp³-hybridized carbons (Fsp3) is 0.500. The molecule has 1 aliphatic rings. The fourth-order valence-electron chi connectivity index (χ4n) is 2.70. The maximum atomic E-state index is 12.2. The summed E-state index contributed by atoms with van der Waals surface area (Å²) in [6.07, 6.45) is 0.361. The van der Waals surface area contributed by atoms with Gasteiger partial charge in [0.25, 0.3) is 0 Å². The van der Waals surface area contributed by atoms with Gasteiger partial charge in [-0.3, -0.25) is 9.69 Å². The van der Waals surface area contributed by atoms with E-state index in [9.17, 15) is 4.79 Å². The van der Waals surface area contributed by atoms with Crippen LogP contribution in [0.5, 0.6) is 0 Å². The number of rotatable bonds is 5. The number of likely N-dealkylation sites (N-methyl/N-ethyl adjacent to an activating group) is 1. The maximum absolute atomic E-state index is 12.2. The van der Waals surface area contributed by atoms with Crippen LogP contribution in [-0.4, -0.2) is 43.2 Å². The zero-order chi connectivity index (χ0) is 15.1. The van der Waals surface area contributed by atoms with E-state index in [0.29, 0.717) is 32.7 Å². The number of amides is 1. The van der Waals surface area contributed by atoms with Gasteiger partial charge in [0, 0.05) is 19.1 Å². The molecule has 21 heavy (non-hydrogen) atoms. The number of ether oxygens (including phenoxy) is 1. The van der Waals surface area contributed by atoms with E-state index in [4.69, 9.17) is 10.00 Å². The van der Waals surface area contributed by atoms with Gasteiger partial charge in [-0.2, -0.15) is 5.26 Å². The van der Waals surface area contributed by atoms with Gasteiger partial charge in [0.05, 0.1) is 25.7 Å². The molecule has 0 radical (unpaired) electrons. The van der Waals surface area contributed by atoms with E-state index in [2.05, 4.69) is 16.3 Å². The van der Waals surface area contributed by atoms with Crippen LogP contribution in [0.4, 0.5) is 0 Å². The van der Waals surface area contributed by atoms with E-state index < -0.39 is 0 Å². The third-order valence-electron chi connectivity index (χ3n) is 3.69. The number of benzene rings is 1. The number of nitrogens with zero attached hydrogens (tertiary/aromatic N) is 2. The SMILES string of the molecule is CCNC(=O)C1COCCN1C(CC#N)c1ccccc1. The number of morpholine rings is 1. The molecular formula is C16H21N3O2. The molecule has 0 spiro atoms. The van der Waals surface area contributed by atoms with Gasteiger partial charge in [0.1, 0.15) is 6.04 Å². The van der Waals surface area contributed by atoms with Crippen molar-refractivity contribution in [1.29, 1.82) is 5.26 Å². The molecule has 2 unspecified atom stereocenters. The summed E-state index contributed by atoms with van der Waals surface area (Å²) in [7, 11) is 0. The Balaban J connectivity index is 2.24. The zero-order valence-electron chi connectivity index (χ0n) is 12.3. The van der Waals surface area contributed by atoms with Gasteiger partial charge >= 0.3 is 0 Å². The number of nitriles is 1. The van der Waals surface area contributed by atoms with Crippen molar-refractivity contribution < 1.29 is 9.53 Å². The van der Waals surface area contributed by atoms with Crippen LogP contribution < -0.4 is 5.32 Å². The Labute approximate surface area is 125 Å². The van der Waals surface area contributed by atoms with Crippen molar-refractivity contribution in [1.82, 2.24) is 10.2 Å². The van der Waals surface area contributed by atoms with E-state index >= 15 is 0 Å². The molecule has 1 saturated heterocycles. The Hall–Kier alpha value is -1.90. The molecule has 112 valence electrons. The minimum Gasteiger partial charge on any atom is -0.378 e. The summed E-state index contributed by atoms with van der Waals surface area (Å²) in [5.74, 6) is -0.0314. The lowest BCUT2D eigenvalue weighted by molar-refractivity contribution is -0.134. The molecule has 1 fully saturated rings. The van der Waals surface area contributed by atoms with Crippen LogP contribution in [0.1, 0.15) is 24.9 Å². The van der Waals surface area contributed by atoms with Gasteiger partial charge < -0.3 is 10.1 Å². The Morgan fingerprint density at radius 2 is 2.29 bits per heavy atom. The van der Waals surface area contributed by atoms with Gasteiger partial charge in [-0.05, 0) is 12.5 Å². The Morgan fingerprint density at radius 3 is 2.95 bits per heavy atom. The highest BCUT2D eigenvalue weighted by molar-refractivity contribution is 5.82. The Morgan fingerprint density at radius 1 is 1.52 bits per heavy atom. The molecule has 1 heterocycles. The van der Waals surface area contributed by atoms with Crippen LogP contribution in [0.2, 0.25) is 0 Å². The average molecular weight is 287 g/mol. The molecule has 2 atom stereocenters. The quantitative estimate of drug-likeness (QED) is 0.891. The summed E-state index contributed by atoms with van der Waals surface area (Å²) < 4.78 is 5.46. The third-order valence-corrected chi connectivity index (χ3v) is 3.69. The van der Waals surface area contributed by atoms with Crippen molar-refractivity contribution in [2.45, 2.75) is 25.4 Å². The molecule has 5 heteroatoms. The summed E-state index contributed by atoms with van der Waals surface area (Å²) in [6.45, 7) is 4.11. The van der Waals surface area contributed by atoms with E-state index in [1.54, 1.807) is 0 Å². The first kappa shape index (κ1) is 15.5. The van der Waals surface area contributed by atoms with Crippen LogP contribution >= 0.6 is 0 Å². The van der Waals surface area contributed by atoms with Gasteiger partial charge in [-0.15, -0.1) is 0 Å². The molecule has 0 aliphatic carbocycles. The lowest BCUT2D eigenvalue weighted by Crippen LogP contribution is -2.54. The van der Waals surface area contributed by atoms with Crippen molar-refractivity contribution in [2.75, 3.05) is 26.3 Å². The first-order chi connectivity index (χ1) is 10.3. The van der Waals surface area contributed by atoms with Crippen LogP contribution in [0.3, 0.4) is 0 Å².